The summed E-state index contributed by atoms with van der Waals surface area (Å²) in [6, 6.07) is 9.65. The van der Waals surface area contributed by atoms with E-state index in [0.717, 1.165) is 48.8 Å². The lowest BCUT2D eigenvalue weighted by molar-refractivity contribution is 0.102. The summed E-state index contributed by atoms with van der Waals surface area (Å²) in [4.78, 5) is 24.0. The van der Waals surface area contributed by atoms with Crippen molar-refractivity contribution in [2.24, 2.45) is 0 Å². The molecular formula is C22H22N6O3. The third kappa shape index (κ3) is 3.75. The molecule has 1 N–H and O–H groups in total. The second-order valence-corrected chi connectivity index (χ2v) is 7.48. The number of benzene rings is 1. The van der Waals surface area contributed by atoms with Gasteiger partial charge in [0, 0.05) is 49.2 Å². The minimum Gasteiger partial charge on any atom is -0.378 e. The molecule has 0 saturated carbocycles. The number of hydrogen-bond acceptors (Lipinski definition) is 7. The highest BCUT2D eigenvalue weighted by Gasteiger charge is 2.17. The highest BCUT2D eigenvalue weighted by atomic mass is 16.5. The molecule has 158 valence electrons. The Morgan fingerprint density at radius 2 is 1.97 bits per heavy atom. The van der Waals surface area contributed by atoms with E-state index < -0.39 is 0 Å². The maximum Gasteiger partial charge on any atom is 0.274 e. The number of pyridine rings is 1. The lowest BCUT2D eigenvalue weighted by Gasteiger charge is -2.28. The van der Waals surface area contributed by atoms with Crippen LogP contribution in [0.25, 0.3) is 17.0 Å². The smallest absolute Gasteiger partial charge is 0.274 e. The SMILES string of the molecule is Cc1nc(-c2ccc(C)c(NC(=O)c3cnc4cc(N5CCOCC5)ccn34)c2)no1. The molecule has 1 aromatic carbocycles. The van der Waals surface area contributed by atoms with Crippen LogP contribution in [-0.4, -0.2) is 51.7 Å². The van der Waals surface area contributed by atoms with Crippen LogP contribution in [-0.2, 0) is 4.74 Å². The van der Waals surface area contributed by atoms with Gasteiger partial charge in [0.1, 0.15) is 11.3 Å². The van der Waals surface area contributed by atoms with Gasteiger partial charge < -0.3 is 19.5 Å². The van der Waals surface area contributed by atoms with Gasteiger partial charge in [-0.3, -0.25) is 9.20 Å². The Balaban J connectivity index is 1.40. The van der Waals surface area contributed by atoms with Crippen molar-refractivity contribution < 1.29 is 14.1 Å². The van der Waals surface area contributed by atoms with Crippen molar-refractivity contribution in [3.8, 4) is 11.4 Å². The van der Waals surface area contributed by atoms with Crippen molar-refractivity contribution in [2.75, 3.05) is 36.5 Å². The monoisotopic (exact) mass is 418 g/mol. The van der Waals surface area contributed by atoms with Crippen LogP contribution < -0.4 is 10.2 Å². The largest absolute Gasteiger partial charge is 0.378 e. The zero-order chi connectivity index (χ0) is 21.4. The summed E-state index contributed by atoms with van der Waals surface area (Å²) in [6.45, 7) is 6.80. The van der Waals surface area contributed by atoms with E-state index in [2.05, 4.69) is 25.3 Å². The van der Waals surface area contributed by atoms with Gasteiger partial charge in [-0.25, -0.2) is 4.98 Å². The number of carbonyl (C=O) groups is 1. The fourth-order valence-corrected chi connectivity index (χ4v) is 3.65. The molecule has 0 unspecified atom stereocenters. The van der Waals surface area contributed by atoms with Gasteiger partial charge in [0.25, 0.3) is 5.91 Å². The number of nitrogens with one attached hydrogen (secondary N) is 1. The molecule has 0 atom stereocenters. The second kappa shape index (κ2) is 7.84. The van der Waals surface area contributed by atoms with E-state index >= 15 is 0 Å². The highest BCUT2D eigenvalue weighted by Crippen LogP contribution is 2.25. The van der Waals surface area contributed by atoms with Crippen LogP contribution in [0, 0.1) is 13.8 Å². The maximum atomic E-state index is 13.0. The van der Waals surface area contributed by atoms with Crippen LogP contribution in [0.4, 0.5) is 11.4 Å². The Hall–Kier alpha value is -3.72. The van der Waals surface area contributed by atoms with E-state index in [4.69, 9.17) is 9.26 Å². The first-order chi connectivity index (χ1) is 15.1. The average Bonchev–Trinajstić information content (AvgIpc) is 3.41. The molecule has 0 aliphatic carbocycles. The molecule has 1 aliphatic rings. The number of ether oxygens (including phenoxy) is 1. The Morgan fingerprint density at radius 3 is 2.74 bits per heavy atom. The first kappa shape index (κ1) is 19.3. The van der Waals surface area contributed by atoms with E-state index in [1.807, 2.05) is 43.5 Å². The fraction of sp³-hybridized carbons (Fsp3) is 0.273. The number of rotatable bonds is 4. The number of aromatic nitrogens is 4. The Morgan fingerprint density at radius 1 is 1.13 bits per heavy atom. The molecule has 1 saturated heterocycles. The zero-order valence-electron chi connectivity index (χ0n) is 17.3. The molecule has 4 aromatic rings. The normalized spacial score (nSPS) is 14.2. The summed E-state index contributed by atoms with van der Waals surface area (Å²) < 4.78 is 12.3. The molecule has 0 radical (unpaired) electrons. The number of anilines is 2. The van der Waals surface area contributed by atoms with Gasteiger partial charge in [0.05, 0.1) is 19.4 Å². The summed E-state index contributed by atoms with van der Waals surface area (Å²) >= 11 is 0. The number of nitrogens with zero attached hydrogens (tertiary/aromatic N) is 5. The van der Waals surface area contributed by atoms with Crippen molar-refractivity contribution in [2.45, 2.75) is 13.8 Å². The third-order valence-corrected chi connectivity index (χ3v) is 5.38. The Bertz CT molecular complexity index is 1260. The Kier molecular flexibility index (Phi) is 4.87. The minimum absolute atomic E-state index is 0.240. The lowest BCUT2D eigenvalue weighted by atomic mass is 10.1. The predicted octanol–water partition coefficient (Wildman–Crippen LogP) is 3.09. The number of amides is 1. The molecule has 31 heavy (non-hydrogen) atoms. The molecule has 5 rings (SSSR count). The van der Waals surface area contributed by atoms with Crippen molar-refractivity contribution in [1.82, 2.24) is 19.5 Å². The summed E-state index contributed by atoms with van der Waals surface area (Å²) in [6.07, 6.45) is 3.48. The van der Waals surface area contributed by atoms with E-state index in [1.165, 1.54) is 0 Å². The molecule has 4 heterocycles. The van der Waals surface area contributed by atoms with E-state index in [9.17, 15) is 4.79 Å². The van der Waals surface area contributed by atoms with Crippen molar-refractivity contribution in [3.63, 3.8) is 0 Å². The molecule has 9 nitrogen and oxygen atoms in total. The first-order valence-electron chi connectivity index (χ1n) is 10.1. The second-order valence-electron chi connectivity index (χ2n) is 7.48. The standard InChI is InChI=1S/C22H22N6O3/c1-14-3-4-16(21-24-15(2)31-26-21)11-18(14)25-22(29)19-13-23-20-12-17(5-6-28(19)20)27-7-9-30-10-8-27/h3-6,11-13H,7-10H2,1-2H3,(H,25,29). The zero-order valence-corrected chi connectivity index (χ0v) is 17.3. The van der Waals surface area contributed by atoms with Crippen LogP contribution in [0.2, 0.25) is 0 Å². The molecule has 1 fully saturated rings. The molecular weight excluding hydrogens is 396 g/mol. The number of aryl methyl sites for hydroxylation is 2. The van der Waals surface area contributed by atoms with Gasteiger partial charge in [-0.1, -0.05) is 17.3 Å². The van der Waals surface area contributed by atoms with Crippen LogP contribution in [0.1, 0.15) is 21.9 Å². The van der Waals surface area contributed by atoms with E-state index in [0.29, 0.717) is 23.1 Å². The fourth-order valence-electron chi connectivity index (χ4n) is 3.65. The first-order valence-corrected chi connectivity index (χ1v) is 10.1. The molecule has 1 aliphatic heterocycles. The molecule has 1 amide bonds. The van der Waals surface area contributed by atoms with Gasteiger partial charge in [0.2, 0.25) is 11.7 Å². The van der Waals surface area contributed by atoms with Gasteiger partial charge in [-0.2, -0.15) is 4.98 Å². The number of carbonyl (C=O) groups excluding carboxylic acids is 1. The van der Waals surface area contributed by atoms with Crippen molar-refractivity contribution >= 4 is 22.9 Å². The van der Waals surface area contributed by atoms with Crippen molar-refractivity contribution in [3.05, 3.63) is 59.9 Å². The van der Waals surface area contributed by atoms with Gasteiger partial charge in [0.15, 0.2) is 0 Å². The summed E-state index contributed by atoms with van der Waals surface area (Å²) in [5, 5.41) is 6.94. The summed E-state index contributed by atoms with van der Waals surface area (Å²) in [5.74, 6) is 0.734. The number of morpholine rings is 1. The molecule has 9 heteroatoms. The van der Waals surface area contributed by atoms with Gasteiger partial charge in [-0.15, -0.1) is 0 Å². The predicted molar refractivity (Wildman–Crippen MR) is 115 cm³/mol. The van der Waals surface area contributed by atoms with Gasteiger partial charge in [-0.05, 0) is 24.6 Å². The molecule has 3 aromatic heterocycles. The highest BCUT2D eigenvalue weighted by molar-refractivity contribution is 6.04. The topological polar surface area (TPSA) is 97.8 Å². The summed E-state index contributed by atoms with van der Waals surface area (Å²) in [5.41, 5.74) is 4.65. The Labute approximate surface area is 178 Å². The maximum absolute atomic E-state index is 13.0. The van der Waals surface area contributed by atoms with E-state index in [1.54, 1.807) is 17.5 Å². The number of imidazole rings is 1. The third-order valence-electron chi connectivity index (χ3n) is 5.38. The van der Waals surface area contributed by atoms with Crippen LogP contribution in [0.15, 0.2) is 47.2 Å². The van der Waals surface area contributed by atoms with Crippen LogP contribution in [0.5, 0.6) is 0 Å². The molecule has 0 spiro atoms. The summed E-state index contributed by atoms with van der Waals surface area (Å²) in [7, 11) is 0. The average molecular weight is 418 g/mol. The number of hydrogen-bond donors (Lipinski definition) is 1. The van der Waals surface area contributed by atoms with Crippen LogP contribution in [0.3, 0.4) is 0 Å². The van der Waals surface area contributed by atoms with Gasteiger partial charge >= 0.3 is 0 Å². The number of fused-ring (bicyclic) bond motifs is 1. The minimum atomic E-state index is -0.240. The van der Waals surface area contributed by atoms with Crippen LogP contribution >= 0.6 is 0 Å². The van der Waals surface area contributed by atoms with E-state index in [-0.39, 0.29) is 5.91 Å². The molecule has 0 bridgehead atoms. The van der Waals surface area contributed by atoms with Crippen molar-refractivity contribution in [1.29, 1.82) is 0 Å². The lowest BCUT2D eigenvalue weighted by Crippen LogP contribution is -2.36. The quantitative estimate of drug-likeness (QED) is 0.544.